The molecule has 2 aromatic rings. The van der Waals surface area contributed by atoms with Crippen LogP contribution in [0.3, 0.4) is 0 Å². The fourth-order valence-electron chi connectivity index (χ4n) is 2.88. The van der Waals surface area contributed by atoms with Gasteiger partial charge in [0.15, 0.2) is 11.5 Å². The van der Waals surface area contributed by atoms with Crippen LogP contribution in [0.5, 0.6) is 17.2 Å². The zero-order valence-electron chi connectivity index (χ0n) is 15.3. The highest BCUT2D eigenvalue weighted by Crippen LogP contribution is 2.38. The van der Waals surface area contributed by atoms with Gasteiger partial charge >= 0.3 is 5.97 Å². The number of esters is 1. The maximum Gasteiger partial charge on any atom is 0.308 e. The van der Waals surface area contributed by atoms with Crippen molar-refractivity contribution in [3.8, 4) is 17.2 Å². The molecule has 1 aliphatic carbocycles. The third-order valence-corrected chi connectivity index (χ3v) is 5.31. The Balaban J connectivity index is 1.73. The zero-order valence-corrected chi connectivity index (χ0v) is 16.1. The summed E-state index contributed by atoms with van der Waals surface area (Å²) in [4.78, 5) is 25.5. The number of nitrogens with zero attached hydrogens (tertiary/aromatic N) is 1. The number of ether oxygens (including phenoxy) is 3. The van der Waals surface area contributed by atoms with E-state index in [1.807, 2.05) is 6.07 Å². The summed E-state index contributed by atoms with van der Waals surface area (Å²) in [5, 5.41) is 4.01. The summed E-state index contributed by atoms with van der Waals surface area (Å²) in [7, 11) is 2.92. The van der Waals surface area contributed by atoms with Gasteiger partial charge in [-0.05, 0) is 43.0 Å². The van der Waals surface area contributed by atoms with Crippen LogP contribution in [-0.4, -0.2) is 32.3 Å². The lowest BCUT2D eigenvalue weighted by Crippen LogP contribution is -2.16. The molecule has 1 amide bonds. The average molecular weight is 388 g/mol. The molecule has 0 fully saturated rings. The highest BCUT2D eigenvalue weighted by molar-refractivity contribution is 7.14. The number of fused-ring (bicyclic) bond motifs is 1. The molecule has 8 heteroatoms. The van der Waals surface area contributed by atoms with E-state index in [4.69, 9.17) is 14.2 Å². The molecule has 0 bridgehead atoms. The topological polar surface area (TPSA) is 86.2 Å². The summed E-state index contributed by atoms with van der Waals surface area (Å²) in [5.74, 6) is 0.130. The predicted molar refractivity (Wildman–Crippen MR) is 102 cm³/mol. The van der Waals surface area contributed by atoms with Gasteiger partial charge in [0.05, 0.1) is 25.3 Å². The van der Waals surface area contributed by atoms with E-state index >= 15 is 0 Å². The third-order valence-electron chi connectivity index (χ3n) is 4.08. The number of carbonyl (C=O) groups excluding carboxylic acids is 2. The Bertz CT molecular complexity index is 857. The minimum Gasteiger partial charge on any atom is -0.493 e. The second-order valence-electron chi connectivity index (χ2n) is 5.96. The van der Waals surface area contributed by atoms with Crippen LogP contribution < -0.4 is 19.6 Å². The first-order valence-electron chi connectivity index (χ1n) is 8.41. The number of hydrogen-bond acceptors (Lipinski definition) is 7. The van der Waals surface area contributed by atoms with Crippen molar-refractivity contribution >= 4 is 29.4 Å². The molecule has 1 aliphatic rings. The van der Waals surface area contributed by atoms with Crippen molar-refractivity contribution in [2.45, 2.75) is 26.2 Å². The number of amides is 1. The van der Waals surface area contributed by atoms with Crippen molar-refractivity contribution in [3.05, 3.63) is 39.1 Å². The highest BCUT2D eigenvalue weighted by Gasteiger charge is 2.18. The van der Waals surface area contributed by atoms with Crippen LogP contribution in [0, 0.1) is 0 Å². The van der Waals surface area contributed by atoms with Gasteiger partial charge in [-0.1, -0.05) is 0 Å². The van der Waals surface area contributed by atoms with E-state index in [0.717, 1.165) is 19.3 Å². The van der Waals surface area contributed by atoms with E-state index in [1.54, 1.807) is 12.1 Å². The van der Waals surface area contributed by atoms with E-state index in [-0.39, 0.29) is 11.7 Å². The van der Waals surface area contributed by atoms with Crippen molar-refractivity contribution in [3.63, 3.8) is 0 Å². The van der Waals surface area contributed by atoms with Crippen LogP contribution >= 0.6 is 11.3 Å². The Labute approximate surface area is 160 Å². The summed E-state index contributed by atoms with van der Waals surface area (Å²) in [5.41, 5.74) is 4.42. The first-order chi connectivity index (χ1) is 13.0. The maximum atomic E-state index is 12.2. The number of thiophene rings is 1. The monoisotopic (exact) mass is 388 g/mol. The van der Waals surface area contributed by atoms with Crippen LogP contribution in [-0.2, 0) is 17.6 Å². The predicted octanol–water partition coefficient (Wildman–Crippen LogP) is 2.94. The summed E-state index contributed by atoms with van der Waals surface area (Å²) in [6, 6.07) is 5.21. The van der Waals surface area contributed by atoms with Crippen molar-refractivity contribution in [1.29, 1.82) is 0 Å². The number of carbonyl (C=O) groups is 2. The fraction of sp³-hybridized carbons (Fsp3) is 0.316. The molecule has 0 aliphatic heterocycles. The van der Waals surface area contributed by atoms with Gasteiger partial charge < -0.3 is 14.2 Å². The van der Waals surface area contributed by atoms with Gasteiger partial charge in [-0.15, -0.1) is 11.3 Å². The van der Waals surface area contributed by atoms with E-state index in [0.29, 0.717) is 21.9 Å². The second kappa shape index (κ2) is 8.22. The highest BCUT2D eigenvalue weighted by atomic mass is 32.1. The van der Waals surface area contributed by atoms with Gasteiger partial charge in [0, 0.05) is 17.4 Å². The Hall–Kier alpha value is -2.87. The molecular weight excluding hydrogens is 368 g/mol. The Morgan fingerprint density at radius 2 is 1.85 bits per heavy atom. The molecule has 0 saturated carbocycles. The first kappa shape index (κ1) is 18.9. The third kappa shape index (κ3) is 4.28. The fourth-order valence-corrected chi connectivity index (χ4v) is 4.02. The molecule has 1 N–H and O–H groups in total. The minimum absolute atomic E-state index is 0.196. The minimum atomic E-state index is -0.483. The molecule has 0 spiro atoms. The molecule has 0 radical (unpaired) electrons. The SMILES string of the molecule is COc1cc(/C=N\NC(=O)c2cc3c(s2)CCC3)cc(OC)c1OC(C)=O. The summed E-state index contributed by atoms with van der Waals surface area (Å²) >= 11 is 1.52. The molecular formula is C19H20N2O5S. The molecule has 7 nitrogen and oxygen atoms in total. The van der Waals surface area contributed by atoms with Crippen LogP contribution in [0.4, 0.5) is 0 Å². The molecule has 0 saturated heterocycles. The van der Waals surface area contributed by atoms with Gasteiger partial charge in [-0.3, -0.25) is 9.59 Å². The van der Waals surface area contributed by atoms with Crippen molar-refractivity contribution in [2.24, 2.45) is 5.10 Å². The van der Waals surface area contributed by atoms with E-state index in [9.17, 15) is 9.59 Å². The number of hydrazone groups is 1. The maximum absolute atomic E-state index is 12.2. The molecule has 0 atom stereocenters. The number of hydrogen-bond donors (Lipinski definition) is 1. The van der Waals surface area contributed by atoms with E-state index in [1.165, 1.54) is 49.1 Å². The Kier molecular flexibility index (Phi) is 5.75. The average Bonchev–Trinajstić information content (AvgIpc) is 3.24. The number of methoxy groups -OCH3 is 2. The van der Waals surface area contributed by atoms with Gasteiger partial charge in [0.1, 0.15) is 0 Å². The van der Waals surface area contributed by atoms with E-state index in [2.05, 4.69) is 10.5 Å². The lowest BCUT2D eigenvalue weighted by Gasteiger charge is -2.13. The summed E-state index contributed by atoms with van der Waals surface area (Å²) in [6.45, 7) is 1.30. The lowest BCUT2D eigenvalue weighted by molar-refractivity contribution is -0.132. The van der Waals surface area contributed by atoms with Crippen LogP contribution in [0.15, 0.2) is 23.3 Å². The Morgan fingerprint density at radius 1 is 1.15 bits per heavy atom. The molecule has 1 aromatic carbocycles. The van der Waals surface area contributed by atoms with Gasteiger partial charge in [-0.25, -0.2) is 5.43 Å². The van der Waals surface area contributed by atoms with Crippen molar-refractivity contribution in [1.82, 2.24) is 5.43 Å². The summed E-state index contributed by atoms with van der Waals surface area (Å²) < 4.78 is 15.7. The number of aryl methyl sites for hydroxylation is 2. The quantitative estimate of drug-likeness (QED) is 0.356. The lowest BCUT2D eigenvalue weighted by atomic mass is 10.2. The number of benzene rings is 1. The van der Waals surface area contributed by atoms with Crippen molar-refractivity contribution in [2.75, 3.05) is 14.2 Å². The normalized spacial score (nSPS) is 12.7. The van der Waals surface area contributed by atoms with E-state index < -0.39 is 5.97 Å². The first-order valence-corrected chi connectivity index (χ1v) is 9.23. The van der Waals surface area contributed by atoms with Crippen molar-refractivity contribution < 1.29 is 23.8 Å². The summed E-state index contributed by atoms with van der Waals surface area (Å²) in [6.07, 6.45) is 4.72. The van der Waals surface area contributed by atoms with Gasteiger partial charge in [-0.2, -0.15) is 5.10 Å². The van der Waals surface area contributed by atoms with Gasteiger partial charge in [0.2, 0.25) is 5.75 Å². The number of rotatable bonds is 6. The molecule has 27 heavy (non-hydrogen) atoms. The smallest absolute Gasteiger partial charge is 0.308 e. The van der Waals surface area contributed by atoms with Gasteiger partial charge in [0.25, 0.3) is 5.91 Å². The van der Waals surface area contributed by atoms with Crippen LogP contribution in [0.1, 0.15) is 39.0 Å². The molecule has 142 valence electrons. The van der Waals surface area contributed by atoms with Crippen LogP contribution in [0.25, 0.3) is 0 Å². The second-order valence-corrected chi connectivity index (χ2v) is 7.10. The Morgan fingerprint density at radius 3 is 2.44 bits per heavy atom. The largest absolute Gasteiger partial charge is 0.493 e. The molecule has 3 rings (SSSR count). The molecule has 1 aromatic heterocycles. The standard InChI is InChI=1S/C19H20N2O5S/c1-11(22)26-18-14(24-2)7-12(8-15(18)25-3)10-20-21-19(23)17-9-13-5-4-6-16(13)27-17/h7-10H,4-6H2,1-3H3,(H,21,23)/b20-10-. The van der Waals surface area contributed by atoms with Crippen LogP contribution in [0.2, 0.25) is 0 Å². The zero-order chi connectivity index (χ0) is 19.4. The molecule has 0 unspecified atom stereocenters. The number of nitrogens with one attached hydrogen (secondary N) is 1. The molecule has 1 heterocycles.